The summed E-state index contributed by atoms with van der Waals surface area (Å²) in [7, 11) is 1.80. The molecule has 0 amide bonds. The Labute approximate surface area is 70.1 Å². The third kappa shape index (κ3) is 1.96. The standard InChI is InChI=1S/C10H20O/c1-8(2)9-5-10(3,6-9)7-11-4/h8-9H,5-7H2,1-4H3. The van der Waals surface area contributed by atoms with Crippen LogP contribution in [0.3, 0.4) is 0 Å². The molecule has 0 aromatic heterocycles. The lowest BCUT2D eigenvalue weighted by Gasteiger charge is -2.47. The van der Waals surface area contributed by atoms with E-state index in [1.54, 1.807) is 7.11 Å². The van der Waals surface area contributed by atoms with Crippen LogP contribution >= 0.6 is 0 Å². The van der Waals surface area contributed by atoms with Gasteiger partial charge in [0.15, 0.2) is 0 Å². The second-order valence-electron chi connectivity index (χ2n) is 4.66. The molecule has 0 radical (unpaired) electrons. The molecule has 1 aliphatic carbocycles. The molecule has 0 saturated heterocycles. The lowest BCUT2D eigenvalue weighted by atomic mass is 9.60. The van der Waals surface area contributed by atoms with Crippen LogP contribution in [0.15, 0.2) is 0 Å². The van der Waals surface area contributed by atoms with Gasteiger partial charge in [-0.05, 0) is 30.1 Å². The molecule has 0 heterocycles. The van der Waals surface area contributed by atoms with Crippen molar-refractivity contribution in [3.8, 4) is 0 Å². The highest BCUT2D eigenvalue weighted by Crippen LogP contribution is 2.48. The molecule has 0 aromatic carbocycles. The molecule has 1 saturated carbocycles. The largest absolute Gasteiger partial charge is 0.384 e. The van der Waals surface area contributed by atoms with Crippen LogP contribution in [-0.4, -0.2) is 13.7 Å². The van der Waals surface area contributed by atoms with E-state index in [0.29, 0.717) is 5.41 Å². The van der Waals surface area contributed by atoms with Crippen LogP contribution in [0, 0.1) is 17.3 Å². The van der Waals surface area contributed by atoms with Gasteiger partial charge in [-0.25, -0.2) is 0 Å². The summed E-state index contributed by atoms with van der Waals surface area (Å²) in [5.74, 6) is 1.81. The average Bonchev–Trinajstić information content (AvgIpc) is 1.82. The van der Waals surface area contributed by atoms with E-state index in [2.05, 4.69) is 20.8 Å². The predicted octanol–water partition coefficient (Wildman–Crippen LogP) is 2.71. The Kier molecular flexibility index (Phi) is 2.58. The maximum Gasteiger partial charge on any atom is 0.0516 e. The lowest BCUT2D eigenvalue weighted by Crippen LogP contribution is -2.40. The third-order valence-electron chi connectivity index (χ3n) is 2.95. The maximum absolute atomic E-state index is 5.18. The Hall–Kier alpha value is -0.0400. The summed E-state index contributed by atoms with van der Waals surface area (Å²) >= 11 is 0. The minimum Gasteiger partial charge on any atom is -0.384 e. The normalized spacial score (nSPS) is 37.4. The zero-order valence-corrected chi connectivity index (χ0v) is 8.18. The SMILES string of the molecule is COCC1(C)CC(C(C)C)C1. The van der Waals surface area contributed by atoms with Gasteiger partial charge in [-0.2, -0.15) is 0 Å². The maximum atomic E-state index is 5.18. The molecule has 0 aliphatic heterocycles. The Morgan fingerprint density at radius 1 is 1.45 bits per heavy atom. The Balaban J connectivity index is 2.26. The molecule has 0 atom stereocenters. The predicted molar refractivity (Wildman–Crippen MR) is 47.5 cm³/mol. The zero-order valence-electron chi connectivity index (χ0n) is 8.18. The first kappa shape index (κ1) is 9.05. The summed E-state index contributed by atoms with van der Waals surface area (Å²) in [4.78, 5) is 0. The van der Waals surface area contributed by atoms with Crippen molar-refractivity contribution in [2.45, 2.75) is 33.6 Å². The molecule has 0 unspecified atom stereocenters. The molecule has 0 spiro atoms. The number of ether oxygens (including phenoxy) is 1. The van der Waals surface area contributed by atoms with E-state index in [4.69, 9.17) is 4.74 Å². The molecule has 1 aliphatic rings. The molecule has 1 rings (SSSR count). The van der Waals surface area contributed by atoms with Gasteiger partial charge in [-0.15, -0.1) is 0 Å². The van der Waals surface area contributed by atoms with Gasteiger partial charge in [0.1, 0.15) is 0 Å². The van der Waals surface area contributed by atoms with Crippen LogP contribution < -0.4 is 0 Å². The van der Waals surface area contributed by atoms with Crippen molar-refractivity contribution in [1.82, 2.24) is 0 Å². The molecule has 0 bridgehead atoms. The van der Waals surface area contributed by atoms with Gasteiger partial charge in [0.25, 0.3) is 0 Å². The smallest absolute Gasteiger partial charge is 0.0516 e. The van der Waals surface area contributed by atoms with Crippen molar-refractivity contribution in [2.24, 2.45) is 17.3 Å². The van der Waals surface area contributed by atoms with Gasteiger partial charge in [-0.3, -0.25) is 0 Å². The van der Waals surface area contributed by atoms with E-state index >= 15 is 0 Å². The molecular weight excluding hydrogens is 136 g/mol. The minimum absolute atomic E-state index is 0.504. The van der Waals surface area contributed by atoms with E-state index < -0.39 is 0 Å². The number of hydrogen-bond donors (Lipinski definition) is 0. The van der Waals surface area contributed by atoms with Gasteiger partial charge >= 0.3 is 0 Å². The van der Waals surface area contributed by atoms with Crippen molar-refractivity contribution in [3.63, 3.8) is 0 Å². The van der Waals surface area contributed by atoms with Crippen molar-refractivity contribution in [2.75, 3.05) is 13.7 Å². The molecule has 11 heavy (non-hydrogen) atoms. The molecule has 1 fully saturated rings. The summed E-state index contributed by atoms with van der Waals surface area (Å²) in [6, 6.07) is 0. The van der Waals surface area contributed by atoms with Crippen molar-refractivity contribution in [1.29, 1.82) is 0 Å². The number of hydrogen-bond acceptors (Lipinski definition) is 1. The molecule has 1 heteroatoms. The van der Waals surface area contributed by atoms with Crippen molar-refractivity contribution < 1.29 is 4.74 Å². The van der Waals surface area contributed by atoms with E-state index in [1.807, 2.05) is 0 Å². The van der Waals surface area contributed by atoms with Crippen LogP contribution in [-0.2, 0) is 4.74 Å². The van der Waals surface area contributed by atoms with E-state index in [0.717, 1.165) is 18.4 Å². The van der Waals surface area contributed by atoms with Gasteiger partial charge in [0.05, 0.1) is 6.61 Å². The van der Waals surface area contributed by atoms with Gasteiger partial charge in [-0.1, -0.05) is 20.8 Å². The number of methoxy groups -OCH3 is 1. The van der Waals surface area contributed by atoms with E-state index in [9.17, 15) is 0 Å². The number of rotatable bonds is 3. The quantitative estimate of drug-likeness (QED) is 0.610. The Bertz CT molecular complexity index is 123. The summed E-state index contributed by atoms with van der Waals surface area (Å²) in [5.41, 5.74) is 0.504. The minimum atomic E-state index is 0.504. The van der Waals surface area contributed by atoms with Crippen LogP contribution in [0.4, 0.5) is 0 Å². The topological polar surface area (TPSA) is 9.23 Å². The fourth-order valence-electron chi connectivity index (χ4n) is 2.14. The molecule has 0 aromatic rings. The first-order valence-corrected chi connectivity index (χ1v) is 4.56. The zero-order chi connectivity index (χ0) is 8.48. The highest BCUT2D eigenvalue weighted by atomic mass is 16.5. The highest BCUT2D eigenvalue weighted by Gasteiger charge is 2.41. The molecule has 66 valence electrons. The van der Waals surface area contributed by atoms with Gasteiger partial charge in [0.2, 0.25) is 0 Å². The molecule has 0 N–H and O–H groups in total. The Morgan fingerprint density at radius 2 is 2.00 bits per heavy atom. The second-order valence-corrected chi connectivity index (χ2v) is 4.66. The molecular formula is C10H20O. The first-order valence-electron chi connectivity index (χ1n) is 4.56. The second kappa shape index (κ2) is 3.14. The van der Waals surface area contributed by atoms with Crippen LogP contribution in [0.5, 0.6) is 0 Å². The summed E-state index contributed by atoms with van der Waals surface area (Å²) in [5, 5.41) is 0. The fourth-order valence-corrected chi connectivity index (χ4v) is 2.14. The van der Waals surface area contributed by atoms with E-state index in [1.165, 1.54) is 12.8 Å². The van der Waals surface area contributed by atoms with Gasteiger partial charge < -0.3 is 4.74 Å². The summed E-state index contributed by atoms with van der Waals surface area (Å²) < 4.78 is 5.18. The lowest BCUT2D eigenvalue weighted by molar-refractivity contribution is -0.0255. The average molecular weight is 156 g/mol. The van der Waals surface area contributed by atoms with Gasteiger partial charge in [0, 0.05) is 7.11 Å². The van der Waals surface area contributed by atoms with E-state index in [-0.39, 0.29) is 0 Å². The highest BCUT2D eigenvalue weighted by molar-refractivity contribution is 4.91. The van der Waals surface area contributed by atoms with Crippen molar-refractivity contribution in [3.05, 3.63) is 0 Å². The monoisotopic (exact) mass is 156 g/mol. The summed E-state index contributed by atoms with van der Waals surface area (Å²) in [6.45, 7) is 7.90. The fraction of sp³-hybridized carbons (Fsp3) is 1.00. The van der Waals surface area contributed by atoms with Crippen LogP contribution in [0.2, 0.25) is 0 Å². The van der Waals surface area contributed by atoms with Crippen LogP contribution in [0.25, 0.3) is 0 Å². The summed E-state index contributed by atoms with van der Waals surface area (Å²) in [6.07, 6.45) is 2.72. The third-order valence-corrected chi connectivity index (χ3v) is 2.95. The Morgan fingerprint density at radius 3 is 2.36 bits per heavy atom. The molecule has 1 nitrogen and oxygen atoms in total. The van der Waals surface area contributed by atoms with Crippen LogP contribution in [0.1, 0.15) is 33.6 Å². The first-order chi connectivity index (χ1) is 5.07. The van der Waals surface area contributed by atoms with Crippen molar-refractivity contribution >= 4 is 0 Å².